The Morgan fingerprint density at radius 3 is 2.70 bits per heavy atom. The lowest BCUT2D eigenvalue weighted by Gasteiger charge is -2.44. The van der Waals surface area contributed by atoms with E-state index in [4.69, 9.17) is 0 Å². The number of hydrogen-bond donors (Lipinski definition) is 2. The molecule has 112 valence electrons. The van der Waals surface area contributed by atoms with Crippen molar-refractivity contribution in [3.8, 4) is 0 Å². The summed E-state index contributed by atoms with van der Waals surface area (Å²) < 4.78 is 28.1. The van der Waals surface area contributed by atoms with Crippen LogP contribution in [0, 0.1) is 12.8 Å². The molecule has 0 aliphatic carbocycles. The van der Waals surface area contributed by atoms with Gasteiger partial charge in [0.1, 0.15) is 4.90 Å². The number of piperidine rings is 3. The monoisotopic (exact) mass is 316 g/mol. The summed E-state index contributed by atoms with van der Waals surface area (Å²) in [5, 5.41) is 11.1. The molecular formula is C13H20N2O3S2. The Kier molecular flexibility index (Phi) is 3.89. The van der Waals surface area contributed by atoms with Crippen LogP contribution in [0.25, 0.3) is 0 Å². The quantitative estimate of drug-likeness (QED) is 0.867. The second-order valence-corrected chi connectivity index (χ2v) is 8.31. The van der Waals surface area contributed by atoms with E-state index in [1.54, 1.807) is 12.3 Å². The summed E-state index contributed by atoms with van der Waals surface area (Å²) in [6, 6.07) is 0.00772. The van der Waals surface area contributed by atoms with Gasteiger partial charge in [0.2, 0.25) is 10.0 Å². The summed E-state index contributed by atoms with van der Waals surface area (Å²) in [6.07, 6.45) is 2.14. The van der Waals surface area contributed by atoms with Crippen molar-refractivity contribution in [1.82, 2.24) is 9.62 Å². The van der Waals surface area contributed by atoms with E-state index in [1.807, 2.05) is 0 Å². The van der Waals surface area contributed by atoms with E-state index in [0.717, 1.165) is 32.5 Å². The molecule has 4 heterocycles. The molecule has 0 radical (unpaired) electrons. The smallest absolute Gasteiger partial charge is 0.242 e. The van der Waals surface area contributed by atoms with E-state index in [-0.39, 0.29) is 17.5 Å². The molecule has 3 fully saturated rings. The van der Waals surface area contributed by atoms with Gasteiger partial charge in [-0.25, -0.2) is 13.1 Å². The van der Waals surface area contributed by atoms with Crippen molar-refractivity contribution in [2.45, 2.75) is 37.3 Å². The van der Waals surface area contributed by atoms with Gasteiger partial charge in [0, 0.05) is 12.6 Å². The second-order valence-electron chi connectivity index (χ2n) is 5.69. The van der Waals surface area contributed by atoms with Crippen LogP contribution >= 0.6 is 11.3 Å². The van der Waals surface area contributed by atoms with Gasteiger partial charge < -0.3 is 10.0 Å². The lowest BCUT2D eigenvalue weighted by molar-refractivity contribution is 0.0827. The molecule has 5 nitrogen and oxygen atoms in total. The van der Waals surface area contributed by atoms with E-state index in [0.29, 0.717) is 16.4 Å². The molecule has 20 heavy (non-hydrogen) atoms. The molecule has 3 saturated heterocycles. The summed E-state index contributed by atoms with van der Waals surface area (Å²) >= 11 is 1.30. The lowest BCUT2D eigenvalue weighted by Crippen LogP contribution is -2.57. The number of hydrogen-bond acceptors (Lipinski definition) is 5. The van der Waals surface area contributed by atoms with Crippen LogP contribution in [0.5, 0.6) is 0 Å². The number of nitrogens with zero attached hydrogens (tertiary/aromatic N) is 1. The molecular weight excluding hydrogens is 296 g/mol. The molecule has 4 rings (SSSR count). The number of nitrogens with one attached hydrogen (secondary N) is 1. The predicted molar refractivity (Wildman–Crippen MR) is 78.3 cm³/mol. The van der Waals surface area contributed by atoms with Gasteiger partial charge in [-0.15, -0.1) is 11.3 Å². The van der Waals surface area contributed by atoms with Crippen molar-refractivity contribution in [2.24, 2.45) is 5.92 Å². The first-order valence-electron chi connectivity index (χ1n) is 6.94. The number of aliphatic hydroxyl groups excluding tert-OH is 1. The van der Waals surface area contributed by atoms with Gasteiger partial charge >= 0.3 is 0 Å². The second kappa shape index (κ2) is 5.38. The third-order valence-corrected chi connectivity index (χ3v) is 7.30. The van der Waals surface area contributed by atoms with Crippen LogP contribution < -0.4 is 4.72 Å². The number of rotatable bonds is 4. The Morgan fingerprint density at radius 1 is 1.45 bits per heavy atom. The fourth-order valence-corrected chi connectivity index (χ4v) is 6.27. The van der Waals surface area contributed by atoms with E-state index >= 15 is 0 Å². The van der Waals surface area contributed by atoms with Gasteiger partial charge in [0.15, 0.2) is 0 Å². The van der Waals surface area contributed by atoms with Crippen LogP contribution in [0.4, 0.5) is 0 Å². The van der Waals surface area contributed by atoms with Crippen LogP contribution in [0.1, 0.15) is 23.3 Å². The van der Waals surface area contributed by atoms with Gasteiger partial charge in [-0.05, 0) is 49.7 Å². The Hall–Kier alpha value is -0.470. The Balaban J connectivity index is 1.84. The first kappa shape index (κ1) is 14.5. The van der Waals surface area contributed by atoms with Crippen molar-refractivity contribution in [2.75, 3.05) is 19.6 Å². The topological polar surface area (TPSA) is 69.6 Å². The van der Waals surface area contributed by atoms with E-state index in [1.165, 1.54) is 11.3 Å². The zero-order valence-electron chi connectivity index (χ0n) is 11.5. The highest BCUT2D eigenvalue weighted by Crippen LogP contribution is 2.31. The average Bonchev–Trinajstić information content (AvgIpc) is 2.81. The molecule has 7 heteroatoms. The van der Waals surface area contributed by atoms with E-state index in [2.05, 4.69) is 9.62 Å². The highest BCUT2D eigenvalue weighted by Gasteiger charge is 2.37. The molecule has 0 amide bonds. The Labute approximate surface area is 123 Å². The highest BCUT2D eigenvalue weighted by molar-refractivity contribution is 7.89. The summed E-state index contributed by atoms with van der Waals surface area (Å²) in [7, 11) is -3.54. The molecule has 0 spiro atoms. The van der Waals surface area contributed by atoms with Crippen LogP contribution in [-0.2, 0) is 16.6 Å². The number of fused-ring (bicyclic) bond motifs is 3. The molecule has 2 bridgehead atoms. The van der Waals surface area contributed by atoms with Gasteiger partial charge in [0.25, 0.3) is 0 Å². The third-order valence-electron chi connectivity index (χ3n) is 4.36. The maximum Gasteiger partial charge on any atom is 0.242 e. The average molecular weight is 316 g/mol. The van der Waals surface area contributed by atoms with Crippen molar-refractivity contribution in [3.63, 3.8) is 0 Å². The zero-order chi connectivity index (χ0) is 14.3. The fraction of sp³-hybridized carbons (Fsp3) is 0.692. The molecule has 0 aromatic carbocycles. The molecule has 1 unspecified atom stereocenters. The minimum atomic E-state index is -3.54. The van der Waals surface area contributed by atoms with Crippen LogP contribution in [0.3, 0.4) is 0 Å². The third kappa shape index (κ3) is 2.53. The molecule has 1 aromatic rings. The van der Waals surface area contributed by atoms with Gasteiger partial charge in [-0.3, -0.25) is 0 Å². The summed E-state index contributed by atoms with van der Waals surface area (Å²) in [5.41, 5.74) is 0.716. The molecule has 0 saturated carbocycles. The van der Waals surface area contributed by atoms with Crippen molar-refractivity contribution in [1.29, 1.82) is 0 Å². The van der Waals surface area contributed by atoms with E-state index in [9.17, 15) is 13.5 Å². The maximum atomic E-state index is 12.6. The molecule has 1 atom stereocenters. The van der Waals surface area contributed by atoms with Gasteiger partial charge in [-0.1, -0.05) is 0 Å². The molecule has 3 aliphatic rings. The number of aliphatic hydroxyl groups is 1. The Bertz CT molecular complexity index is 589. The number of thiophene rings is 1. The van der Waals surface area contributed by atoms with Crippen LogP contribution in [-0.4, -0.2) is 44.1 Å². The number of sulfonamides is 1. The first-order chi connectivity index (χ1) is 9.51. The van der Waals surface area contributed by atoms with E-state index < -0.39 is 10.0 Å². The summed E-state index contributed by atoms with van der Waals surface area (Å²) in [5.74, 6) is 0.450. The normalized spacial score (nSPS) is 29.8. The fourth-order valence-electron chi connectivity index (χ4n) is 3.31. The molecule has 2 N–H and O–H groups in total. The SMILES string of the molecule is Cc1csc(CO)c1S(=O)(=O)NC1CN2CCC1CC2. The first-order valence-corrected chi connectivity index (χ1v) is 9.30. The summed E-state index contributed by atoms with van der Waals surface area (Å²) in [6.45, 7) is 4.53. The Morgan fingerprint density at radius 2 is 2.15 bits per heavy atom. The molecule has 3 aliphatic heterocycles. The zero-order valence-corrected chi connectivity index (χ0v) is 13.1. The standard InChI is InChI=1S/C13H20N2O3S2/c1-9-8-19-12(7-16)13(9)20(17,18)14-11-6-15-4-2-10(11)3-5-15/h8,10-11,14,16H,2-7H2,1H3. The number of aryl methyl sites for hydroxylation is 1. The summed E-state index contributed by atoms with van der Waals surface area (Å²) in [4.78, 5) is 3.12. The van der Waals surface area contributed by atoms with Crippen molar-refractivity contribution < 1.29 is 13.5 Å². The maximum absolute atomic E-state index is 12.6. The minimum absolute atomic E-state index is 0.00772. The highest BCUT2D eigenvalue weighted by atomic mass is 32.2. The van der Waals surface area contributed by atoms with Crippen LogP contribution in [0.15, 0.2) is 10.3 Å². The predicted octanol–water partition coefficient (Wildman–Crippen LogP) is 0.921. The van der Waals surface area contributed by atoms with Crippen LogP contribution in [0.2, 0.25) is 0 Å². The largest absolute Gasteiger partial charge is 0.391 e. The van der Waals surface area contributed by atoms with Crippen molar-refractivity contribution >= 4 is 21.4 Å². The molecule has 1 aromatic heterocycles. The minimum Gasteiger partial charge on any atom is -0.391 e. The lowest BCUT2D eigenvalue weighted by atomic mass is 9.85. The van der Waals surface area contributed by atoms with Gasteiger partial charge in [0.05, 0.1) is 11.5 Å². The van der Waals surface area contributed by atoms with Gasteiger partial charge in [-0.2, -0.15) is 0 Å². The van der Waals surface area contributed by atoms with Crippen molar-refractivity contribution in [3.05, 3.63) is 15.8 Å².